The van der Waals surface area contributed by atoms with E-state index in [1.165, 1.54) is 17.1 Å². The maximum atomic E-state index is 3.54. The molecule has 1 rings (SSSR count). The van der Waals surface area contributed by atoms with E-state index in [1.54, 1.807) is 0 Å². The van der Waals surface area contributed by atoms with Crippen LogP contribution in [0, 0.1) is 0 Å². The Morgan fingerprint density at radius 1 is 1.16 bits per heavy atom. The van der Waals surface area contributed by atoms with Gasteiger partial charge >= 0.3 is 0 Å². The molecule has 0 aliphatic rings. The van der Waals surface area contributed by atoms with E-state index in [-0.39, 0.29) is 0 Å². The fraction of sp³-hybridized carbons (Fsp3) is 0.625. The predicted octanol–water partition coefficient (Wildman–Crippen LogP) is 3.49. The van der Waals surface area contributed by atoms with Crippen molar-refractivity contribution in [3.8, 4) is 0 Å². The lowest BCUT2D eigenvalue weighted by molar-refractivity contribution is 0.234. The van der Waals surface area contributed by atoms with Gasteiger partial charge in [-0.25, -0.2) is 0 Å². The lowest BCUT2D eigenvalue weighted by Gasteiger charge is -2.24. The number of hydrogen-bond donors (Lipinski definition) is 1. The van der Waals surface area contributed by atoms with Gasteiger partial charge < -0.3 is 5.32 Å². The first-order chi connectivity index (χ1) is 9.24. The summed E-state index contributed by atoms with van der Waals surface area (Å²) >= 11 is 1.94. The molecule has 0 saturated heterocycles. The van der Waals surface area contributed by atoms with Crippen LogP contribution in [0.4, 0.5) is 0 Å². The van der Waals surface area contributed by atoms with Crippen molar-refractivity contribution in [3.05, 3.63) is 30.3 Å². The zero-order chi connectivity index (χ0) is 13.9. The smallest absolute Gasteiger partial charge is 0.0109 e. The highest BCUT2D eigenvalue weighted by Crippen LogP contribution is 2.17. The molecule has 3 heteroatoms. The number of benzene rings is 1. The molecule has 1 aromatic rings. The van der Waals surface area contributed by atoms with Crippen molar-refractivity contribution in [1.29, 1.82) is 0 Å². The van der Waals surface area contributed by atoms with Gasteiger partial charge in [-0.3, -0.25) is 4.90 Å². The lowest BCUT2D eigenvalue weighted by atomic mass is 10.3. The number of hydrogen-bond acceptors (Lipinski definition) is 3. The Hall–Kier alpha value is -0.510. The Morgan fingerprint density at radius 2 is 1.89 bits per heavy atom. The van der Waals surface area contributed by atoms with Crippen LogP contribution in [-0.4, -0.2) is 42.9 Å². The second kappa shape index (κ2) is 10.3. The molecule has 0 saturated carbocycles. The molecule has 0 unspecified atom stereocenters. The lowest BCUT2D eigenvalue weighted by Crippen LogP contribution is -2.37. The van der Waals surface area contributed by atoms with Gasteiger partial charge in [0.25, 0.3) is 0 Å². The summed E-state index contributed by atoms with van der Waals surface area (Å²) in [6.07, 6.45) is 1.23. The number of nitrogens with zero attached hydrogens (tertiary/aromatic N) is 1. The van der Waals surface area contributed by atoms with Crippen molar-refractivity contribution in [3.63, 3.8) is 0 Å². The molecule has 2 nitrogen and oxygen atoms in total. The molecule has 0 radical (unpaired) electrons. The average molecular weight is 280 g/mol. The first-order valence-corrected chi connectivity index (χ1v) is 8.35. The SMILES string of the molecule is CCN(CCNCCCSc1ccccc1)C(C)C. The van der Waals surface area contributed by atoms with E-state index in [0.717, 1.165) is 26.2 Å². The molecule has 108 valence electrons. The van der Waals surface area contributed by atoms with E-state index < -0.39 is 0 Å². The quantitative estimate of drug-likeness (QED) is 0.522. The van der Waals surface area contributed by atoms with E-state index in [0.29, 0.717) is 6.04 Å². The highest BCUT2D eigenvalue weighted by Gasteiger charge is 2.04. The van der Waals surface area contributed by atoms with Crippen molar-refractivity contribution in [2.24, 2.45) is 0 Å². The van der Waals surface area contributed by atoms with Crippen LogP contribution in [0.15, 0.2) is 35.2 Å². The van der Waals surface area contributed by atoms with Gasteiger partial charge in [-0.1, -0.05) is 25.1 Å². The van der Waals surface area contributed by atoms with E-state index in [1.807, 2.05) is 11.8 Å². The van der Waals surface area contributed by atoms with Gasteiger partial charge in [0.1, 0.15) is 0 Å². The normalized spacial score (nSPS) is 11.4. The van der Waals surface area contributed by atoms with Crippen LogP contribution in [0.2, 0.25) is 0 Å². The van der Waals surface area contributed by atoms with Gasteiger partial charge in [0.05, 0.1) is 0 Å². The molecule has 0 aliphatic heterocycles. The molecule has 0 aromatic heterocycles. The molecule has 0 aliphatic carbocycles. The van der Waals surface area contributed by atoms with Gasteiger partial charge in [0, 0.05) is 24.0 Å². The second-order valence-electron chi connectivity index (χ2n) is 4.99. The zero-order valence-electron chi connectivity index (χ0n) is 12.6. The van der Waals surface area contributed by atoms with Crippen LogP contribution in [0.25, 0.3) is 0 Å². The standard InChI is InChI=1S/C16H28N2S/c1-4-18(15(2)3)13-12-17-11-8-14-19-16-9-6-5-7-10-16/h5-7,9-10,15,17H,4,8,11-14H2,1-3H3. The Labute approximate surface area is 123 Å². The Kier molecular flexibility index (Phi) is 8.97. The van der Waals surface area contributed by atoms with Crippen LogP contribution in [-0.2, 0) is 0 Å². The van der Waals surface area contributed by atoms with Gasteiger partial charge in [0.15, 0.2) is 0 Å². The molecule has 0 fully saturated rings. The van der Waals surface area contributed by atoms with Crippen molar-refractivity contribution in [1.82, 2.24) is 10.2 Å². The van der Waals surface area contributed by atoms with Gasteiger partial charge in [-0.2, -0.15) is 0 Å². The predicted molar refractivity (Wildman–Crippen MR) is 87.0 cm³/mol. The summed E-state index contributed by atoms with van der Waals surface area (Å²) in [6, 6.07) is 11.3. The zero-order valence-corrected chi connectivity index (χ0v) is 13.4. The van der Waals surface area contributed by atoms with Gasteiger partial charge in [0.2, 0.25) is 0 Å². The summed E-state index contributed by atoms with van der Waals surface area (Å²) < 4.78 is 0. The van der Waals surface area contributed by atoms with E-state index in [4.69, 9.17) is 0 Å². The molecule has 0 amide bonds. The molecule has 1 N–H and O–H groups in total. The van der Waals surface area contributed by atoms with Crippen molar-refractivity contribution >= 4 is 11.8 Å². The summed E-state index contributed by atoms with van der Waals surface area (Å²) in [5.74, 6) is 1.19. The number of likely N-dealkylation sites (N-methyl/N-ethyl adjacent to an activating group) is 1. The van der Waals surface area contributed by atoms with Crippen LogP contribution < -0.4 is 5.32 Å². The molecular formula is C16H28N2S. The average Bonchev–Trinajstić information content (AvgIpc) is 2.42. The van der Waals surface area contributed by atoms with Crippen molar-refractivity contribution < 1.29 is 0 Å². The first-order valence-electron chi connectivity index (χ1n) is 7.36. The first kappa shape index (κ1) is 16.5. The monoisotopic (exact) mass is 280 g/mol. The summed E-state index contributed by atoms with van der Waals surface area (Å²) in [5.41, 5.74) is 0. The highest BCUT2D eigenvalue weighted by atomic mass is 32.2. The minimum Gasteiger partial charge on any atom is -0.315 e. The molecule has 0 spiro atoms. The van der Waals surface area contributed by atoms with E-state index in [9.17, 15) is 0 Å². The largest absolute Gasteiger partial charge is 0.315 e. The fourth-order valence-electron chi connectivity index (χ4n) is 2.03. The Balaban J connectivity index is 1.97. The summed E-state index contributed by atoms with van der Waals surface area (Å²) in [4.78, 5) is 3.87. The number of nitrogens with one attached hydrogen (secondary N) is 1. The highest BCUT2D eigenvalue weighted by molar-refractivity contribution is 7.99. The molecule has 19 heavy (non-hydrogen) atoms. The number of thioether (sulfide) groups is 1. The van der Waals surface area contributed by atoms with Crippen molar-refractivity contribution in [2.45, 2.75) is 38.1 Å². The maximum Gasteiger partial charge on any atom is 0.0109 e. The molecular weight excluding hydrogens is 252 g/mol. The Bertz CT molecular complexity index is 314. The van der Waals surface area contributed by atoms with Gasteiger partial charge in [-0.15, -0.1) is 11.8 Å². The summed E-state index contributed by atoms with van der Waals surface area (Å²) in [7, 11) is 0. The molecule has 1 aromatic carbocycles. The minimum absolute atomic E-state index is 0.653. The molecule has 0 bridgehead atoms. The van der Waals surface area contributed by atoms with Crippen LogP contribution in [0.1, 0.15) is 27.2 Å². The third-order valence-electron chi connectivity index (χ3n) is 3.22. The Morgan fingerprint density at radius 3 is 2.53 bits per heavy atom. The minimum atomic E-state index is 0.653. The third kappa shape index (κ3) is 7.61. The second-order valence-corrected chi connectivity index (χ2v) is 6.16. The summed E-state index contributed by atoms with van der Waals surface area (Å²) in [5, 5.41) is 3.54. The van der Waals surface area contributed by atoms with E-state index in [2.05, 4.69) is 61.3 Å². The fourth-order valence-corrected chi connectivity index (χ4v) is 2.91. The number of rotatable bonds is 10. The van der Waals surface area contributed by atoms with Crippen LogP contribution in [0.5, 0.6) is 0 Å². The summed E-state index contributed by atoms with van der Waals surface area (Å²) in [6.45, 7) is 11.3. The maximum absolute atomic E-state index is 3.54. The third-order valence-corrected chi connectivity index (χ3v) is 4.32. The van der Waals surface area contributed by atoms with Gasteiger partial charge in [-0.05, 0) is 51.2 Å². The topological polar surface area (TPSA) is 15.3 Å². The van der Waals surface area contributed by atoms with Crippen molar-refractivity contribution in [2.75, 3.05) is 31.9 Å². The van der Waals surface area contributed by atoms with Crippen LogP contribution in [0.3, 0.4) is 0 Å². The van der Waals surface area contributed by atoms with Crippen LogP contribution >= 0.6 is 11.8 Å². The van der Waals surface area contributed by atoms with E-state index >= 15 is 0 Å². The molecule has 0 atom stereocenters. The molecule has 0 heterocycles.